The maximum atomic E-state index is 2.57. The highest BCUT2D eigenvalue weighted by Gasteiger charge is 2.10. The van der Waals surface area contributed by atoms with E-state index >= 15 is 0 Å². The molecule has 2 rings (SSSR count). The second kappa shape index (κ2) is 7.78. The summed E-state index contributed by atoms with van der Waals surface area (Å²) < 4.78 is 0. The highest BCUT2D eigenvalue weighted by Crippen LogP contribution is 2.13. The van der Waals surface area contributed by atoms with Crippen LogP contribution in [0, 0.1) is 0 Å². The van der Waals surface area contributed by atoms with Crippen LogP contribution in [0.2, 0.25) is 0 Å². The Morgan fingerprint density at radius 3 is 2.06 bits per heavy atom. The van der Waals surface area contributed by atoms with E-state index in [9.17, 15) is 0 Å². The van der Waals surface area contributed by atoms with Crippen LogP contribution < -0.4 is 0 Å². The van der Waals surface area contributed by atoms with Gasteiger partial charge in [-0.1, -0.05) is 30.7 Å². The Bertz CT molecular complexity index is 329. The average molecular weight is 269 g/mol. The maximum Gasteiger partial charge on any atom is 0.0233 e. The van der Waals surface area contributed by atoms with Gasteiger partial charge in [-0.05, 0) is 51.2 Å². The minimum atomic E-state index is 0. The van der Waals surface area contributed by atoms with Crippen LogP contribution >= 0.6 is 12.4 Å². The fraction of sp³-hybridized carbons (Fsp3) is 0.600. The van der Waals surface area contributed by atoms with E-state index in [4.69, 9.17) is 0 Å². The zero-order chi connectivity index (χ0) is 12.1. The summed E-state index contributed by atoms with van der Waals surface area (Å²) in [6, 6.07) is 9.10. The summed E-state index contributed by atoms with van der Waals surface area (Å²) in [5.74, 6) is 0. The fourth-order valence-electron chi connectivity index (χ4n) is 2.49. The zero-order valence-corrected chi connectivity index (χ0v) is 12.4. The molecule has 18 heavy (non-hydrogen) atoms. The van der Waals surface area contributed by atoms with Gasteiger partial charge < -0.3 is 4.90 Å². The van der Waals surface area contributed by atoms with Gasteiger partial charge in [0.25, 0.3) is 0 Å². The molecule has 1 heterocycles. The second-order valence-corrected chi connectivity index (χ2v) is 5.39. The van der Waals surface area contributed by atoms with E-state index in [1.807, 2.05) is 0 Å². The first-order chi connectivity index (χ1) is 8.24. The van der Waals surface area contributed by atoms with Gasteiger partial charge in [0.05, 0.1) is 0 Å². The first-order valence-electron chi connectivity index (χ1n) is 6.69. The van der Waals surface area contributed by atoms with Crippen molar-refractivity contribution in [3.8, 4) is 0 Å². The smallest absolute Gasteiger partial charge is 0.0233 e. The molecule has 0 N–H and O–H groups in total. The third-order valence-corrected chi connectivity index (χ3v) is 3.38. The summed E-state index contributed by atoms with van der Waals surface area (Å²) in [5.41, 5.74) is 2.85. The first kappa shape index (κ1) is 15.5. The molecular weight excluding hydrogens is 244 g/mol. The van der Waals surface area contributed by atoms with Crippen LogP contribution in [0.5, 0.6) is 0 Å². The van der Waals surface area contributed by atoms with Gasteiger partial charge in [-0.3, -0.25) is 4.90 Å². The van der Waals surface area contributed by atoms with Gasteiger partial charge in [-0.2, -0.15) is 0 Å². The van der Waals surface area contributed by atoms with Crippen LogP contribution in [0.25, 0.3) is 0 Å². The van der Waals surface area contributed by atoms with Crippen LogP contribution in [0.4, 0.5) is 0 Å². The van der Waals surface area contributed by atoms with Gasteiger partial charge in [0.15, 0.2) is 0 Å². The summed E-state index contributed by atoms with van der Waals surface area (Å²) >= 11 is 0. The molecule has 1 fully saturated rings. The molecule has 0 radical (unpaired) electrons. The van der Waals surface area contributed by atoms with Crippen LogP contribution in [-0.4, -0.2) is 37.0 Å². The molecule has 0 unspecified atom stereocenters. The molecular formula is C15H25ClN2. The number of nitrogens with zero attached hydrogens (tertiary/aromatic N) is 2. The summed E-state index contributed by atoms with van der Waals surface area (Å²) in [4.78, 5) is 4.78. The van der Waals surface area contributed by atoms with Crippen LogP contribution in [-0.2, 0) is 13.1 Å². The number of hydrogen-bond donors (Lipinski definition) is 0. The van der Waals surface area contributed by atoms with Gasteiger partial charge in [0.1, 0.15) is 0 Å². The van der Waals surface area contributed by atoms with Crippen molar-refractivity contribution < 1.29 is 0 Å². The molecule has 2 nitrogen and oxygen atoms in total. The van der Waals surface area contributed by atoms with Crippen LogP contribution in [0.3, 0.4) is 0 Å². The molecule has 0 spiro atoms. The first-order valence-corrected chi connectivity index (χ1v) is 6.69. The third-order valence-electron chi connectivity index (χ3n) is 3.38. The lowest BCUT2D eigenvalue weighted by atomic mass is 10.1. The number of rotatable bonds is 4. The van der Waals surface area contributed by atoms with Crippen molar-refractivity contribution in [1.82, 2.24) is 9.80 Å². The van der Waals surface area contributed by atoms with E-state index in [2.05, 4.69) is 48.2 Å². The van der Waals surface area contributed by atoms with Crippen LogP contribution in [0.1, 0.15) is 30.4 Å². The van der Waals surface area contributed by atoms with E-state index in [1.54, 1.807) is 0 Å². The predicted molar refractivity (Wildman–Crippen MR) is 80.2 cm³/mol. The molecule has 0 amide bonds. The molecule has 0 aliphatic carbocycles. The highest BCUT2D eigenvalue weighted by atomic mass is 35.5. The topological polar surface area (TPSA) is 6.48 Å². The van der Waals surface area contributed by atoms with Gasteiger partial charge in [-0.15, -0.1) is 12.4 Å². The zero-order valence-electron chi connectivity index (χ0n) is 11.6. The molecule has 0 saturated carbocycles. The number of piperidine rings is 1. The predicted octanol–water partition coefficient (Wildman–Crippen LogP) is 3.16. The van der Waals surface area contributed by atoms with E-state index < -0.39 is 0 Å². The SMILES string of the molecule is CN(C)Cc1ccc(CN2CCCCC2)cc1.Cl. The molecule has 1 aliphatic heterocycles. The van der Waals surface area contributed by atoms with Crippen molar-refractivity contribution in [2.24, 2.45) is 0 Å². The average Bonchev–Trinajstić information content (AvgIpc) is 2.32. The Morgan fingerprint density at radius 1 is 0.944 bits per heavy atom. The summed E-state index contributed by atoms with van der Waals surface area (Å²) in [6.45, 7) is 4.71. The lowest BCUT2D eigenvalue weighted by Crippen LogP contribution is -2.29. The van der Waals surface area contributed by atoms with Crippen molar-refractivity contribution in [2.75, 3.05) is 27.2 Å². The molecule has 1 aliphatic rings. The molecule has 1 saturated heterocycles. The Labute approximate surface area is 117 Å². The van der Waals surface area contributed by atoms with E-state index in [1.165, 1.54) is 43.5 Å². The van der Waals surface area contributed by atoms with Crippen molar-refractivity contribution in [2.45, 2.75) is 32.4 Å². The number of hydrogen-bond acceptors (Lipinski definition) is 2. The molecule has 0 aromatic heterocycles. The number of benzene rings is 1. The Balaban J connectivity index is 0.00000162. The fourth-order valence-corrected chi connectivity index (χ4v) is 2.49. The lowest BCUT2D eigenvalue weighted by Gasteiger charge is -2.26. The van der Waals surface area contributed by atoms with Crippen molar-refractivity contribution in [3.05, 3.63) is 35.4 Å². The summed E-state index contributed by atoms with van der Waals surface area (Å²) in [7, 11) is 4.23. The molecule has 102 valence electrons. The molecule has 3 heteroatoms. The minimum Gasteiger partial charge on any atom is -0.305 e. The Morgan fingerprint density at radius 2 is 1.50 bits per heavy atom. The standard InChI is InChI=1S/C15H24N2.ClH/c1-16(2)12-14-6-8-15(9-7-14)13-17-10-4-3-5-11-17;/h6-9H,3-5,10-13H2,1-2H3;1H. The summed E-state index contributed by atoms with van der Waals surface area (Å²) in [6.07, 6.45) is 4.16. The van der Waals surface area contributed by atoms with Gasteiger partial charge in [-0.25, -0.2) is 0 Å². The van der Waals surface area contributed by atoms with Gasteiger partial charge >= 0.3 is 0 Å². The third kappa shape index (κ3) is 4.97. The monoisotopic (exact) mass is 268 g/mol. The Kier molecular flexibility index (Phi) is 6.69. The Hall–Kier alpha value is -0.570. The lowest BCUT2D eigenvalue weighted by molar-refractivity contribution is 0.221. The van der Waals surface area contributed by atoms with E-state index in [0.717, 1.165) is 13.1 Å². The molecule has 0 bridgehead atoms. The quantitative estimate of drug-likeness (QED) is 0.828. The van der Waals surface area contributed by atoms with Crippen molar-refractivity contribution in [1.29, 1.82) is 0 Å². The highest BCUT2D eigenvalue weighted by molar-refractivity contribution is 5.85. The van der Waals surface area contributed by atoms with Gasteiger partial charge in [0.2, 0.25) is 0 Å². The van der Waals surface area contributed by atoms with E-state index in [0.29, 0.717) is 0 Å². The van der Waals surface area contributed by atoms with Crippen molar-refractivity contribution >= 4 is 12.4 Å². The largest absolute Gasteiger partial charge is 0.305 e. The van der Waals surface area contributed by atoms with Gasteiger partial charge in [0, 0.05) is 13.1 Å². The van der Waals surface area contributed by atoms with Crippen LogP contribution in [0.15, 0.2) is 24.3 Å². The maximum absolute atomic E-state index is 2.57. The normalized spacial score (nSPS) is 16.6. The van der Waals surface area contributed by atoms with E-state index in [-0.39, 0.29) is 12.4 Å². The molecule has 1 aromatic carbocycles. The molecule has 0 atom stereocenters. The minimum absolute atomic E-state index is 0. The number of halogens is 1. The summed E-state index contributed by atoms with van der Waals surface area (Å²) in [5, 5.41) is 0. The second-order valence-electron chi connectivity index (χ2n) is 5.39. The van der Waals surface area contributed by atoms with Crippen molar-refractivity contribution in [3.63, 3.8) is 0 Å². The molecule has 1 aromatic rings. The number of likely N-dealkylation sites (tertiary alicyclic amines) is 1.